The number of aromatic nitrogens is 5. The van der Waals surface area contributed by atoms with Crippen molar-refractivity contribution in [3.05, 3.63) is 70.6 Å². The van der Waals surface area contributed by atoms with Gasteiger partial charge in [0.25, 0.3) is 0 Å². The Morgan fingerprint density at radius 1 is 1.00 bits per heavy atom. The van der Waals surface area contributed by atoms with E-state index in [9.17, 15) is 0 Å². The van der Waals surface area contributed by atoms with Gasteiger partial charge in [0, 0.05) is 5.02 Å². The molecule has 0 aliphatic rings. The van der Waals surface area contributed by atoms with Gasteiger partial charge < -0.3 is 5.73 Å². The third kappa shape index (κ3) is 2.73. The van der Waals surface area contributed by atoms with Crippen LogP contribution in [-0.4, -0.2) is 24.5 Å². The van der Waals surface area contributed by atoms with E-state index >= 15 is 0 Å². The van der Waals surface area contributed by atoms with Crippen molar-refractivity contribution in [1.82, 2.24) is 24.5 Å². The van der Waals surface area contributed by atoms with E-state index in [1.165, 1.54) is 0 Å². The molecule has 0 fully saturated rings. The zero-order valence-electron chi connectivity index (χ0n) is 12.9. The molecular weight excluding hydrogens is 356 g/mol. The molecule has 3 N–H and O–H groups in total. The van der Waals surface area contributed by atoms with Crippen LogP contribution in [0, 0.1) is 4.77 Å². The van der Waals surface area contributed by atoms with Crippen LogP contribution in [0.4, 0.5) is 5.82 Å². The summed E-state index contributed by atoms with van der Waals surface area (Å²) in [5.74, 6) is 1.07. The number of nitrogen functional groups attached to an aromatic ring is 1. The summed E-state index contributed by atoms with van der Waals surface area (Å²) in [7, 11) is 0. The van der Waals surface area contributed by atoms with Gasteiger partial charge in [0.15, 0.2) is 10.6 Å². The average Bonchev–Trinajstić information content (AvgIpc) is 3.19. The van der Waals surface area contributed by atoms with Gasteiger partial charge in [-0.05, 0) is 48.6 Å². The quantitative estimate of drug-likeness (QED) is 0.535. The molecule has 0 bridgehead atoms. The first-order valence-electron chi connectivity index (χ1n) is 7.48. The number of hydrogen-bond donors (Lipinski definition) is 2. The minimum atomic E-state index is 0.462. The summed E-state index contributed by atoms with van der Waals surface area (Å²) in [5.41, 5.74) is 8.72. The van der Waals surface area contributed by atoms with E-state index in [1.807, 2.05) is 42.5 Å². The second-order valence-electron chi connectivity index (χ2n) is 5.36. The van der Waals surface area contributed by atoms with E-state index < -0.39 is 0 Å². The lowest BCUT2D eigenvalue weighted by atomic mass is 10.2. The van der Waals surface area contributed by atoms with Crippen LogP contribution in [0.5, 0.6) is 0 Å². The summed E-state index contributed by atoms with van der Waals surface area (Å²) in [5, 5.41) is 12.2. The summed E-state index contributed by atoms with van der Waals surface area (Å²) in [6.45, 7) is 0. The molecule has 6 nitrogen and oxygen atoms in total. The lowest BCUT2D eigenvalue weighted by Gasteiger charge is -2.07. The zero-order valence-corrected chi connectivity index (χ0v) is 14.5. The van der Waals surface area contributed by atoms with Crippen molar-refractivity contribution in [2.45, 2.75) is 0 Å². The van der Waals surface area contributed by atoms with Crippen molar-refractivity contribution in [3.63, 3.8) is 0 Å². The number of halogens is 1. The van der Waals surface area contributed by atoms with E-state index in [0.29, 0.717) is 27.0 Å². The van der Waals surface area contributed by atoms with Crippen LogP contribution in [0.2, 0.25) is 5.02 Å². The number of aromatic amines is 1. The lowest BCUT2D eigenvalue weighted by Crippen LogP contribution is -2.03. The molecule has 0 radical (unpaired) electrons. The summed E-state index contributed by atoms with van der Waals surface area (Å²) < 4.78 is 3.93. The first-order valence-corrected chi connectivity index (χ1v) is 8.26. The molecule has 0 aliphatic heterocycles. The van der Waals surface area contributed by atoms with Gasteiger partial charge in [-0.15, -0.1) is 0 Å². The lowest BCUT2D eigenvalue weighted by molar-refractivity contribution is 0.891. The second kappa shape index (κ2) is 6.19. The van der Waals surface area contributed by atoms with Crippen molar-refractivity contribution >= 4 is 29.6 Å². The number of nitrogens with zero attached hydrogens (tertiary/aromatic N) is 4. The standard InChI is InChI=1S/C17H13ClN6S/c18-11-6-8-12(9-7-11)23-16(21-22-17(23)25)14-10-20-24(15(14)19)13-4-2-1-3-5-13/h1-10H,19H2,(H,22,25). The number of para-hydroxylation sites is 1. The van der Waals surface area contributed by atoms with Gasteiger partial charge in [0.05, 0.1) is 23.1 Å². The molecular formula is C17H13ClN6S. The highest BCUT2D eigenvalue weighted by Crippen LogP contribution is 2.28. The van der Waals surface area contributed by atoms with Gasteiger partial charge in [0.1, 0.15) is 5.82 Å². The number of rotatable bonds is 3. The topological polar surface area (TPSA) is 77.4 Å². The van der Waals surface area contributed by atoms with Gasteiger partial charge in [-0.2, -0.15) is 10.2 Å². The number of hydrogen-bond acceptors (Lipinski definition) is 4. The first kappa shape index (κ1) is 15.6. The first-order chi connectivity index (χ1) is 12.1. The van der Waals surface area contributed by atoms with E-state index in [1.54, 1.807) is 27.6 Å². The molecule has 0 spiro atoms. The third-order valence-corrected chi connectivity index (χ3v) is 4.33. The summed E-state index contributed by atoms with van der Waals surface area (Å²) in [4.78, 5) is 0. The molecule has 0 saturated carbocycles. The Kier molecular flexibility index (Phi) is 3.87. The van der Waals surface area contributed by atoms with E-state index in [2.05, 4.69) is 15.3 Å². The molecule has 0 aliphatic carbocycles. The van der Waals surface area contributed by atoms with Crippen LogP contribution in [0.25, 0.3) is 22.8 Å². The number of nitrogens with two attached hydrogens (primary N) is 1. The van der Waals surface area contributed by atoms with Crippen LogP contribution in [0.3, 0.4) is 0 Å². The molecule has 2 aromatic carbocycles. The zero-order chi connectivity index (χ0) is 17.4. The van der Waals surface area contributed by atoms with Gasteiger partial charge in [-0.25, -0.2) is 4.68 Å². The van der Waals surface area contributed by atoms with Crippen molar-refractivity contribution in [1.29, 1.82) is 0 Å². The van der Waals surface area contributed by atoms with Gasteiger partial charge in [-0.1, -0.05) is 29.8 Å². The molecule has 4 aromatic rings. The number of benzene rings is 2. The third-order valence-electron chi connectivity index (χ3n) is 3.81. The molecule has 4 rings (SSSR count). The highest BCUT2D eigenvalue weighted by Gasteiger charge is 2.18. The molecule has 0 unspecified atom stereocenters. The minimum Gasteiger partial charge on any atom is -0.383 e. The van der Waals surface area contributed by atoms with Crippen molar-refractivity contribution in [2.24, 2.45) is 0 Å². The Morgan fingerprint density at radius 3 is 2.44 bits per heavy atom. The molecule has 0 saturated heterocycles. The van der Waals surface area contributed by atoms with Crippen molar-refractivity contribution in [2.75, 3.05) is 5.73 Å². The fourth-order valence-corrected chi connectivity index (χ4v) is 2.98. The number of anilines is 1. The summed E-state index contributed by atoms with van der Waals surface area (Å²) in [6.07, 6.45) is 1.68. The highest BCUT2D eigenvalue weighted by molar-refractivity contribution is 7.71. The average molecular weight is 369 g/mol. The van der Waals surface area contributed by atoms with E-state index in [0.717, 1.165) is 11.4 Å². The molecule has 0 atom stereocenters. The van der Waals surface area contributed by atoms with Gasteiger partial charge in [-0.3, -0.25) is 9.67 Å². The molecule has 2 aromatic heterocycles. The van der Waals surface area contributed by atoms with E-state index in [4.69, 9.17) is 29.6 Å². The SMILES string of the molecule is Nc1c(-c2n[nH]c(=S)n2-c2ccc(Cl)cc2)cnn1-c1ccccc1. The van der Waals surface area contributed by atoms with Crippen molar-refractivity contribution < 1.29 is 0 Å². The van der Waals surface area contributed by atoms with Crippen LogP contribution < -0.4 is 5.73 Å². The van der Waals surface area contributed by atoms with E-state index in [-0.39, 0.29) is 0 Å². The second-order valence-corrected chi connectivity index (χ2v) is 6.18. The maximum Gasteiger partial charge on any atom is 0.200 e. The summed E-state index contributed by atoms with van der Waals surface area (Å²) in [6, 6.07) is 17.0. The van der Waals surface area contributed by atoms with Crippen LogP contribution >= 0.6 is 23.8 Å². The molecule has 124 valence electrons. The number of H-pyrrole nitrogens is 1. The Morgan fingerprint density at radius 2 is 1.72 bits per heavy atom. The highest BCUT2D eigenvalue weighted by atomic mass is 35.5. The Bertz CT molecular complexity index is 1080. The van der Waals surface area contributed by atoms with Crippen LogP contribution in [-0.2, 0) is 0 Å². The maximum absolute atomic E-state index is 6.33. The maximum atomic E-state index is 6.33. The Balaban J connectivity index is 1.86. The predicted octanol–water partition coefficient (Wildman–Crippen LogP) is 4.02. The van der Waals surface area contributed by atoms with Gasteiger partial charge >= 0.3 is 0 Å². The van der Waals surface area contributed by atoms with Gasteiger partial charge in [0.2, 0.25) is 0 Å². The largest absolute Gasteiger partial charge is 0.383 e. The molecule has 25 heavy (non-hydrogen) atoms. The monoisotopic (exact) mass is 368 g/mol. The molecule has 8 heteroatoms. The molecule has 0 amide bonds. The molecule has 2 heterocycles. The number of nitrogens with one attached hydrogen (secondary N) is 1. The fourth-order valence-electron chi connectivity index (χ4n) is 2.61. The van der Waals surface area contributed by atoms with Crippen LogP contribution in [0.15, 0.2) is 60.8 Å². The normalized spacial score (nSPS) is 10.9. The smallest absolute Gasteiger partial charge is 0.200 e. The van der Waals surface area contributed by atoms with Crippen molar-refractivity contribution in [3.8, 4) is 22.8 Å². The fraction of sp³-hybridized carbons (Fsp3) is 0. The van der Waals surface area contributed by atoms with Crippen LogP contribution in [0.1, 0.15) is 0 Å². The Labute approximate surface area is 153 Å². The summed E-state index contributed by atoms with van der Waals surface area (Å²) >= 11 is 11.3. The predicted molar refractivity (Wildman–Crippen MR) is 101 cm³/mol. The Hall–Kier alpha value is -2.90. The minimum absolute atomic E-state index is 0.462.